The minimum atomic E-state index is -0.773. The molecule has 2 amide bonds. The van der Waals surface area contributed by atoms with Gasteiger partial charge in [-0.2, -0.15) is 5.10 Å². The number of carbonyl (C=O) groups is 2. The van der Waals surface area contributed by atoms with Gasteiger partial charge in [0.05, 0.1) is 16.3 Å². The van der Waals surface area contributed by atoms with E-state index in [4.69, 9.17) is 23.2 Å². The third-order valence-corrected chi connectivity index (χ3v) is 3.31. The van der Waals surface area contributed by atoms with E-state index in [2.05, 4.69) is 10.5 Å². The maximum Gasteiger partial charge on any atom is 0.329 e. The Morgan fingerprint density at radius 2 is 1.90 bits per heavy atom. The van der Waals surface area contributed by atoms with Crippen molar-refractivity contribution >= 4 is 41.2 Å². The predicted octanol–water partition coefficient (Wildman–Crippen LogP) is 2.31. The second-order valence-electron chi connectivity index (χ2n) is 3.85. The lowest BCUT2D eigenvalue weighted by atomic mass is 10.2. The average molecular weight is 316 g/mol. The van der Waals surface area contributed by atoms with Crippen LogP contribution in [0, 0.1) is 0 Å². The Kier molecular flexibility index (Phi) is 6.48. The van der Waals surface area contributed by atoms with E-state index >= 15 is 0 Å². The Morgan fingerprint density at radius 1 is 1.25 bits per heavy atom. The summed E-state index contributed by atoms with van der Waals surface area (Å²) < 4.78 is 0. The van der Waals surface area contributed by atoms with Crippen molar-refractivity contribution in [2.75, 3.05) is 13.1 Å². The van der Waals surface area contributed by atoms with E-state index in [1.165, 1.54) is 11.1 Å². The number of benzene rings is 1. The molecule has 0 aliphatic heterocycles. The Hall–Kier alpha value is -1.59. The molecular weight excluding hydrogens is 301 g/mol. The molecular formula is C13H15Cl2N3O2. The van der Waals surface area contributed by atoms with Gasteiger partial charge in [0.25, 0.3) is 0 Å². The molecule has 1 aromatic rings. The molecule has 7 heteroatoms. The van der Waals surface area contributed by atoms with Gasteiger partial charge < -0.3 is 4.90 Å². The topological polar surface area (TPSA) is 61.8 Å². The van der Waals surface area contributed by atoms with Crippen LogP contribution in [-0.2, 0) is 9.59 Å². The van der Waals surface area contributed by atoms with Gasteiger partial charge in [0.15, 0.2) is 0 Å². The van der Waals surface area contributed by atoms with E-state index in [0.29, 0.717) is 28.7 Å². The number of halogens is 2. The monoisotopic (exact) mass is 315 g/mol. The van der Waals surface area contributed by atoms with E-state index < -0.39 is 11.8 Å². The fraction of sp³-hybridized carbons (Fsp3) is 0.308. The Morgan fingerprint density at radius 3 is 2.45 bits per heavy atom. The predicted molar refractivity (Wildman–Crippen MR) is 80.1 cm³/mol. The zero-order valence-electron chi connectivity index (χ0n) is 11.2. The Balaban J connectivity index is 2.62. The highest BCUT2D eigenvalue weighted by Crippen LogP contribution is 2.21. The van der Waals surface area contributed by atoms with Crippen LogP contribution in [0.5, 0.6) is 0 Å². The molecule has 0 saturated carbocycles. The van der Waals surface area contributed by atoms with Crippen LogP contribution < -0.4 is 5.43 Å². The molecule has 0 aliphatic carbocycles. The van der Waals surface area contributed by atoms with Gasteiger partial charge in [-0.1, -0.05) is 29.3 Å². The van der Waals surface area contributed by atoms with Gasteiger partial charge in [-0.3, -0.25) is 9.59 Å². The van der Waals surface area contributed by atoms with Gasteiger partial charge in [-0.25, -0.2) is 5.43 Å². The summed E-state index contributed by atoms with van der Waals surface area (Å²) >= 11 is 11.6. The van der Waals surface area contributed by atoms with Crippen LogP contribution in [0.2, 0.25) is 10.0 Å². The normalized spacial score (nSPS) is 10.6. The number of likely N-dealkylation sites (N-methyl/N-ethyl adjacent to an activating group) is 1. The molecule has 1 N–H and O–H groups in total. The van der Waals surface area contributed by atoms with Crippen molar-refractivity contribution in [1.29, 1.82) is 0 Å². The van der Waals surface area contributed by atoms with Crippen molar-refractivity contribution in [2.45, 2.75) is 13.8 Å². The maximum absolute atomic E-state index is 11.6. The molecule has 0 aromatic heterocycles. The summed E-state index contributed by atoms with van der Waals surface area (Å²) in [6.07, 6.45) is 1.38. The molecule has 108 valence electrons. The number of amides is 2. The van der Waals surface area contributed by atoms with Gasteiger partial charge in [0.2, 0.25) is 0 Å². The molecule has 0 atom stereocenters. The lowest BCUT2D eigenvalue weighted by Gasteiger charge is -2.16. The van der Waals surface area contributed by atoms with Crippen molar-refractivity contribution in [3.8, 4) is 0 Å². The molecule has 0 unspecified atom stereocenters. The molecule has 0 saturated heterocycles. The van der Waals surface area contributed by atoms with Crippen molar-refractivity contribution < 1.29 is 9.59 Å². The summed E-state index contributed by atoms with van der Waals surface area (Å²) in [4.78, 5) is 24.6. The third kappa shape index (κ3) is 4.51. The molecule has 1 rings (SSSR count). The standard InChI is InChI=1S/C13H15Cl2N3O2/c1-3-18(4-2)13(20)12(19)17-16-8-9-5-6-10(14)11(15)7-9/h5-8H,3-4H2,1-2H3,(H,17,19)/b16-8-. The molecule has 0 radical (unpaired) electrons. The average Bonchev–Trinajstić information content (AvgIpc) is 2.43. The lowest BCUT2D eigenvalue weighted by Crippen LogP contribution is -2.41. The second kappa shape index (κ2) is 7.87. The van der Waals surface area contributed by atoms with Crippen LogP contribution in [-0.4, -0.2) is 36.0 Å². The highest BCUT2D eigenvalue weighted by Gasteiger charge is 2.18. The number of nitrogens with one attached hydrogen (secondary N) is 1. The van der Waals surface area contributed by atoms with Crippen LogP contribution in [0.1, 0.15) is 19.4 Å². The summed E-state index contributed by atoms with van der Waals surface area (Å²) in [5.41, 5.74) is 2.84. The zero-order valence-corrected chi connectivity index (χ0v) is 12.7. The van der Waals surface area contributed by atoms with Crippen LogP contribution in [0.25, 0.3) is 0 Å². The molecule has 0 fully saturated rings. The summed E-state index contributed by atoms with van der Waals surface area (Å²) in [7, 11) is 0. The van der Waals surface area contributed by atoms with E-state index in [9.17, 15) is 9.59 Å². The van der Waals surface area contributed by atoms with Crippen LogP contribution in [0.4, 0.5) is 0 Å². The van der Waals surface area contributed by atoms with Crippen molar-refractivity contribution in [1.82, 2.24) is 10.3 Å². The van der Waals surface area contributed by atoms with Crippen LogP contribution >= 0.6 is 23.2 Å². The van der Waals surface area contributed by atoms with Crippen molar-refractivity contribution in [3.05, 3.63) is 33.8 Å². The zero-order chi connectivity index (χ0) is 15.1. The molecule has 20 heavy (non-hydrogen) atoms. The summed E-state index contributed by atoms with van der Waals surface area (Å²) in [6, 6.07) is 4.91. The van der Waals surface area contributed by atoms with Gasteiger partial charge in [-0.05, 0) is 31.5 Å². The molecule has 5 nitrogen and oxygen atoms in total. The number of nitrogens with zero attached hydrogens (tertiary/aromatic N) is 2. The van der Waals surface area contributed by atoms with E-state index in [0.717, 1.165) is 0 Å². The molecule has 0 bridgehead atoms. The number of hydrogen-bond acceptors (Lipinski definition) is 3. The van der Waals surface area contributed by atoms with Crippen LogP contribution in [0.3, 0.4) is 0 Å². The number of hydrogen-bond donors (Lipinski definition) is 1. The van der Waals surface area contributed by atoms with Crippen molar-refractivity contribution in [2.24, 2.45) is 5.10 Å². The first-order valence-corrected chi connectivity index (χ1v) is 6.82. The molecule has 0 heterocycles. The fourth-order valence-electron chi connectivity index (χ4n) is 1.46. The smallest absolute Gasteiger partial charge is 0.329 e. The second-order valence-corrected chi connectivity index (χ2v) is 4.66. The van der Waals surface area contributed by atoms with Crippen molar-refractivity contribution in [3.63, 3.8) is 0 Å². The largest absolute Gasteiger partial charge is 0.335 e. The van der Waals surface area contributed by atoms with Crippen LogP contribution in [0.15, 0.2) is 23.3 Å². The summed E-state index contributed by atoms with van der Waals surface area (Å²) in [6.45, 7) is 4.54. The highest BCUT2D eigenvalue weighted by atomic mass is 35.5. The third-order valence-electron chi connectivity index (χ3n) is 2.57. The minimum Gasteiger partial charge on any atom is -0.335 e. The fourth-order valence-corrected chi connectivity index (χ4v) is 1.77. The first-order chi connectivity index (χ1) is 9.49. The lowest BCUT2D eigenvalue weighted by molar-refractivity contribution is -0.145. The van der Waals surface area contributed by atoms with E-state index in [-0.39, 0.29) is 0 Å². The molecule has 1 aromatic carbocycles. The number of rotatable bonds is 4. The van der Waals surface area contributed by atoms with Gasteiger partial charge in [0.1, 0.15) is 0 Å². The summed E-state index contributed by atoms with van der Waals surface area (Å²) in [5.74, 6) is -1.38. The van der Waals surface area contributed by atoms with Gasteiger partial charge in [0, 0.05) is 13.1 Å². The number of hydrazone groups is 1. The molecule has 0 aliphatic rings. The first-order valence-electron chi connectivity index (χ1n) is 6.07. The maximum atomic E-state index is 11.6. The quantitative estimate of drug-likeness (QED) is 0.526. The molecule has 0 spiro atoms. The van der Waals surface area contributed by atoms with Gasteiger partial charge >= 0.3 is 11.8 Å². The number of carbonyl (C=O) groups excluding carboxylic acids is 2. The Bertz CT molecular complexity index is 528. The van der Waals surface area contributed by atoms with Gasteiger partial charge in [-0.15, -0.1) is 0 Å². The van der Waals surface area contributed by atoms with E-state index in [1.807, 2.05) is 0 Å². The minimum absolute atomic E-state index is 0.390. The van der Waals surface area contributed by atoms with E-state index in [1.54, 1.807) is 32.0 Å². The SMILES string of the molecule is CCN(CC)C(=O)C(=O)N/N=C\c1ccc(Cl)c(Cl)c1. The Labute approximate surface area is 127 Å². The summed E-state index contributed by atoms with van der Waals surface area (Å²) in [5, 5.41) is 4.54. The highest BCUT2D eigenvalue weighted by molar-refractivity contribution is 6.42. The first kappa shape index (κ1) is 16.5.